The number of hydrogen-bond acceptors (Lipinski definition) is 7. The molecular formula is C27H36N4O6. The molecule has 1 fully saturated rings. The molecule has 2 aliphatic heterocycles. The summed E-state index contributed by atoms with van der Waals surface area (Å²) in [5, 5.41) is 10.4. The number of aromatic nitrogens is 1. The molecule has 4 rings (SSSR count). The number of likely N-dealkylation sites (tertiary alicyclic amines) is 1. The molecule has 0 spiro atoms. The van der Waals surface area contributed by atoms with E-state index < -0.39 is 17.9 Å². The van der Waals surface area contributed by atoms with Crippen LogP contribution in [0.15, 0.2) is 47.4 Å². The summed E-state index contributed by atoms with van der Waals surface area (Å²) in [6.07, 6.45) is 3.95. The van der Waals surface area contributed by atoms with Crippen LogP contribution >= 0.6 is 0 Å². The summed E-state index contributed by atoms with van der Waals surface area (Å²) >= 11 is 0. The van der Waals surface area contributed by atoms with Crippen LogP contribution in [-0.2, 0) is 16.1 Å². The molecule has 0 bridgehead atoms. The molecule has 2 aromatic rings. The number of carbonyl (C=O) groups excluding carboxylic acids is 1. The highest BCUT2D eigenvalue weighted by molar-refractivity contribution is 5.79. The number of nitrogens with zero attached hydrogens (tertiary/aromatic N) is 3. The molecule has 200 valence electrons. The predicted molar refractivity (Wildman–Crippen MR) is 138 cm³/mol. The van der Waals surface area contributed by atoms with E-state index >= 15 is 0 Å². The van der Waals surface area contributed by atoms with Crippen molar-refractivity contribution in [1.29, 1.82) is 0 Å². The number of carbonyl (C=O) groups is 2. The van der Waals surface area contributed by atoms with Gasteiger partial charge in [-0.25, -0.2) is 0 Å². The summed E-state index contributed by atoms with van der Waals surface area (Å²) in [5.74, 6) is -0.864. The number of carboxylic acid groups (broad SMARTS) is 1. The van der Waals surface area contributed by atoms with E-state index in [0.29, 0.717) is 50.6 Å². The second kappa shape index (κ2) is 12.2. The zero-order chi connectivity index (χ0) is 26.4. The Hall–Kier alpha value is -3.37. The Kier molecular flexibility index (Phi) is 8.83. The van der Waals surface area contributed by atoms with Crippen molar-refractivity contribution < 1.29 is 24.2 Å². The number of amides is 1. The van der Waals surface area contributed by atoms with Gasteiger partial charge in [0.1, 0.15) is 0 Å². The van der Waals surface area contributed by atoms with E-state index in [1.807, 2.05) is 17.0 Å². The first kappa shape index (κ1) is 26.7. The lowest BCUT2D eigenvalue weighted by Crippen LogP contribution is -2.46. The number of ether oxygens (including phenoxy) is 2. The van der Waals surface area contributed by atoms with Gasteiger partial charge in [0.2, 0.25) is 18.3 Å². The maximum absolute atomic E-state index is 13.3. The average molecular weight is 513 g/mol. The quantitative estimate of drug-likeness (QED) is 0.440. The first-order valence-electron chi connectivity index (χ1n) is 12.9. The van der Waals surface area contributed by atoms with Crippen LogP contribution in [0.5, 0.6) is 11.5 Å². The molecule has 37 heavy (non-hydrogen) atoms. The maximum atomic E-state index is 13.3. The Labute approximate surface area is 216 Å². The SMILES string of the molecule is CCCCN(CCN)C(=O)CN1CC(c2ccc3c(c2)OCO3)C(C(=O)O)C1CCn1ccccc1=O. The van der Waals surface area contributed by atoms with Crippen LogP contribution in [0, 0.1) is 5.92 Å². The summed E-state index contributed by atoms with van der Waals surface area (Å²) in [6.45, 7) is 4.52. The maximum Gasteiger partial charge on any atom is 0.308 e. The predicted octanol–water partition coefficient (Wildman–Crippen LogP) is 1.72. The highest BCUT2D eigenvalue weighted by Gasteiger charge is 2.47. The van der Waals surface area contributed by atoms with Crippen molar-refractivity contribution in [3.63, 3.8) is 0 Å². The summed E-state index contributed by atoms with van der Waals surface area (Å²) in [7, 11) is 0. The van der Waals surface area contributed by atoms with Crippen LogP contribution in [0.2, 0.25) is 0 Å². The molecule has 1 amide bonds. The highest BCUT2D eigenvalue weighted by atomic mass is 16.7. The lowest BCUT2D eigenvalue weighted by atomic mass is 9.84. The number of unbranched alkanes of at least 4 members (excludes halogenated alkanes) is 1. The van der Waals surface area contributed by atoms with Gasteiger partial charge in [-0.05, 0) is 36.6 Å². The third kappa shape index (κ3) is 6.14. The number of hydrogen-bond donors (Lipinski definition) is 2. The van der Waals surface area contributed by atoms with E-state index in [9.17, 15) is 19.5 Å². The number of aliphatic carboxylic acids is 1. The van der Waals surface area contributed by atoms with Gasteiger partial charge in [0.05, 0.1) is 12.5 Å². The van der Waals surface area contributed by atoms with Crippen molar-refractivity contribution >= 4 is 11.9 Å². The van der Waals surface area contributed by atoms with Crippen LogP contribution in [0.1, 0.15) is 37.7 Å². The van der Waals surface area contributed by atoms with Gasteiger partial charge in [0, 0.05) is 56.9 Å². The fourth-order valence-corrected chi connectivity index (χ4v) is 5.39. The first-order valence-corrected chi connectivity index (χ1v) is 12.9. The van der Waals surface area contributed by atoms with Crippen molar-refractivity contribution in [2.45, 2.75) is 44.7 Å². The fraction of sp³-hybridized carbons (Fsp3) is 0.519. The molecule has 3 N–H and O–H groups in total. The number of benzene rings is 1. The Morgan fingerprint density at radius 1 is 1.16 bits per heavy atom. The summed E-state index contributed by atoms with van der Waals surface area (Å²) in [5.41, 5.74) is 6.45. The number of carboxylic acids is 1. The zero-order valence-electron chi connectivity index (χ0n) is 21.3. The summed E-state index contributed by atoms with van der Waals surface area (Å²) < 4.78 is 12.5. The van der Waals surface area contributed by atoms with Crippen molar-refractivity contribution in [3.05, 3.63) is 58.5 Å². The second-order valence-electron chi connectivity index (χ2n) is 9.62. The van der Waals surface area contributed by atoms with Gasteiger partial charge in [0.15, 0.2) is 11.5 Å². The molecule has 10 heteroatoms. The monoisotopic (exact) mass is 512 g/mol. The molecular weight excluding hydrogens is 476 g/mol. The van der Waals surface area contributed by atoms with Gasteiger partial charge in [-0.1, -0.05) is 25.5 Å². The van der Waals surface area contributed by atoms with Crippen molar-refractivity contribution in [2.75, 3.05) is 39.5 Å². The number of pyridine rings is 1. The molecule has 0 saturated carbocycles. The van der Waals surface area contributed by atoms with E-state index in [4.69, 9.17) is 15.2 Å². The fourth-order valence-electron chi connectivity index (χ4n) is 5.39. The Morgan fingerprint density at radius 3 is 2.70 bits per heavy atom. The van der Waals surface area contributed by atoms with Gasteiger partial charge < -0.3 is 29.8 Å². The van der Waals surface area contributed by atoms with Crippen molar-refractivity contribution in [1.82, 2.24) is 14.4 Å². The lowest BCUT2D eigenvalue weighted by Gasteiger charge is -2.29. The molecule has 0 aliphatic carbocycles. The lowest BCUT2D eigenvalue weighted by molar-refractivity contribution is -0.144. The van der Waals surface area contributed by atoms with Crippen LogP contribution < -0.4 is 20.8 Å². The molecule has 1 aromatic carbocycles. The third-order valence-electron chi connectivity index (χ3n) is 7.29. The number of nitrogens with two attached hydrogens (primary N) is 1. The van der Waals surface area contributed by atoms with Crippen LogP contribution in [0.25, 0.3) is 0 Å². The number of rotatable bonds is 12. The standard InChI is InChI=1S/C27H36N4O6/c1-2-3-11-30(14-10-28)25(33)17-31-16-20(19-7-8-22-23(15-19)37-18-36-22)26(27(34)35)21(31)9-13-29-12-5-4-6-24(29)32/h4-8,12,15,20-21,26H,2-3,9-11,13-14,16-18,28H2,1H3,(H,34,35). The molecule has 1 aromatic heterocycles. The van der Waals surface area contributed by atoms with Crippen molar-refractivity contribution in [3.8, 4) is 11.5 Å². The molecule has 10 nitrogen and oxygen atoms in total. The topological polar surface area (TPSA) is 127 Å². The zero-order valence-corrected chi connectivity index (χ0v) is 21.3. The first-order chi connectivity index (χ1) is 17.9. The van der Waals surface area contributed by atoms with Crippen LogP contribution in [0.4, 0.5) is 0 Å². The summed E-state index contributed by atoms with van der Waals surface area (Å²) in [4.78, 5) is 42.0. The van der Waals surface area contributed by atoms with Gasteiger partial charge in [-0.15, -0.1) is 0 Å². The normalized spacial score (nSPS) is 20.8. The van der Waals surface area contributed by atoms with Gasteiger partial charge in [-0.3, -0.25) is 19.3 Å². The largest absolute Gasteiger partial charge is 0.481 e. The third-order valence-corrected chi connectivity index (χ3v) is 7.29. The molecule has 3 atom stereocenters. The number of fused-ring (bicyclic) bond motifs is 1. The minimum absolute atomic E-state index is 0.0590. The van der Waals surface area contributed by atoms with Crippen molar-refractivity contribution in [2.24, 2.45) is 11.7 Å². The minimum atomic E-state index is -0.923. The Morgan fingerprint density at radius 2 is 1.97 bits per heavy atom. The van der Waals surface area contributed by atoms with E-state index in [-0.39, 0.29) is 30.7 Å². The van der Waals surface area contributed by atoms with Gasteiger partial charge in [-0.2, -0.15) is 0 Å². The molecule has 3 unspecified atom stereocenters. The highest BCUT2D eigenvalue weighted by Crippen LogP contribution is 2.42. The smallest absolute Gasteiger partial charge is 0.308 e. The molecule has 1 saturated heterocycles. The van der Waals surface area contributed by atoms with Gasteiger partial charge >= 0.3 is 5.97 Å². The van der Waals surface area contributed by atoms with Crippen LogP contribution in [0.3, 0.4) is 0 Å². The van der Waals surface area contributed by atoms with Crippen LogP contribution in [-0.4, -0.2) is 76.9 Å². The average Bonchev–Trinajstić information content (AvgIpc) is 3.50. The van der Waals surface area contributed by atoms with E-state index in [0.717, 1.165) is 18.4 Å². The van der Waals surface area contributed by atoms with E-state index in [1.54, 1.807) is 33.9 Å². The molecule has 3 heterocycles. The molecule has 0 radical (unpaired) electrons. The van der Waals surface area contributed by atoms with Gasteiger partial charge in [0.25, 0.3) is 0 Å². The minimum Gasteiger partial charge on any atom is -0.481 e. The number of aryl methyl sites for hydroxylation is 1. The Bertz CT molecular complexity index is 1150. The van der Waals surface area contributed by atoms with E-state index in [1.165, 1.54) is 6.07 Å². The summed E-state index contributed by atoms with van der Waals surface area (Å²) in [6, 6.07) is 10.0. The Balaban J connectivity index is 1.61. The van der Waals surface area contributed by atoms with E-state index in [2.05, 4.69) is 6.92 Å². The molecule has 2 aliphatic rings. The second-order valence-corrected chi connectivity index (χ2v) is 9.62.